The molecule has 0 spiro atoms. The summed E-state index contributed by atoms with van der Waals surface area (Å²) in [6.07, 6.45) is 4.33. The molecule has 0 atom stereocenters. The van der Waals surface area contributed by atoms with Crippen LogP contribution >= 0.6 is 0 Å². The molecule has 0 radical (unpaired) electrons. The minimum Gasteiger partial charge on any atom is -0.356 e. The summed E-state index contributed by atoms with van der Waals surface area (Å²) in [5, 5.41) is 2.88. The lowest BCUT2D eigenvalue weighted by Crippen LogP contribution is -2.38. The summed E-state index contributed by atoms with van der Waals surface area (Å²) in [6, 6.07) is 0. The normalized spacial score (nSPS) is 19.2. The van der Waals surface area contributed by atoms with Gasteiger partial charge in [0.25, 0.3) is 0 Å². The third-order valence-corrected chi connectivity index (χ3v) is 2.73. The van der Waals surface area contributed by atoms with Crippen molar-refractivity contribution in [2.75, 3.05) is 26.2 Å². The van der Waals surface area contributed by atoms with Crippen molar-refractivity contribution in [3.05, 3.63) is 12.7 Å². The number of piperidine rings is 1. The maximum Gasteiger partial charge on any atom is 0.216 e. The highest BCUT2D eigenvalue weighted by molar-refractivity contribution is 5.72. The minimum atomic E-state index is 0.0820. The van der Waals surface area contributed by atoms with E-state index in [4.69, 9.17) is 0 Å². The summed E-state index contributed by atoms with van der Waals surface area (Å²) in [7, 11) is 0. The molecule has 1 aliphatic rings. The molecule has 80 valence electrons. The van der Waals surface area contributed by atoms with Gasteiger partial charge >= 0.3 is 0 Å². The number of hydrogen-bond acceptors (Lipinski definition) is 2. The molecule has 1 N–H and O–H groups in total. The lowest BCUT2D eigenvalue weighted by atomic mass is 9.97. The van der Waals surface area contributed by atoms with E-state index >= 15 is 0 Å². The van der Waals surface area contributed by atoms with E-state index < -0.39 is 0 Å². The van der Waals surface area contributed by atoms with Gasteiger partial charge in [-0.2, -0.15) is 0 Å². The molecule has 1 aliphatic heterocycles. The Morgan fingerprint density at radius 1 is 1.57 bits per heavy atom. The molecule has 0 aromatic heterocycles. The topological polar surface area (TPSA) is 32.3 Å². The predicted octanol–water partition coefficient (Wildman–Crippen LogP) is 1.02. The molecule has 1 amide bonds. The van der Waals surface area contributed by atoms with Crippen LogP contribution in [0.4, 0.5) is 0 Å². The van der Waals surface area contributed by atoms with Crippen LogP contribution in [0.3, 0.4) is 0 Å². The first-order chi connectivity index (χ1) is 6.72. The largest absolute Gasteiger partial charge is 0.356 e. The average Bonchev–Trinajstić information content (AvgIpc) is 2.17. The summed E-state index contributed by atoms with van der Waals surface area (Å²) in [4.78, 5) is 13.1. The Labute approximate surface area is 86.2 Å². The monoisotopic (exact) mass is 196 g/mol. The van der Waals surface area contributed by atoms with Gasteiger partial charge in [-0.1, -0.05) is 6.08 Å². The quantitative estimate of drug-likeness (QED) is 0.681. The molecule has 14 heavy (non-hydrogen) atoms. The van der Waals surface area contributed by atoms with Crippen LogP contribution in [0.15, 0.2) is 12.7 Å². The van der Waals surface area contributed by atoms with Gasteiger partial charge in [-0.3, -0.25) is 9.69 Å². The maximum atomic E-state index is 10.7. The van der Waals surface area contributed by atoms with E-state index in [0.717, 1.165) is 26.2 Å². The van der Waals surface area contributed by atoms with Gasteiger partial charge in [-0.15, -0.1) is 6.58 Å². The standard InChI is InChI=1S/C11H20N2O/c1-3-6-13-7-4-11(5-8-13)9-12-10(2)14/h3,11H,1,4-9H2,2H3,(H,12,14). The second-order valence-electron chi connectivity index (χ2n) is 3.97. The van der Waals surface area contributed by atoms with Crippen LogP contribution in [0.1, 0.15) is 19.8 Å². The van der Waals surface area contributed by atoms with E-state index in [1.54, 1.807) is 6.92 Å². The highest BCUT2D eigenvalue weighted by Gasteiger charge is 2.17. The highest BCUT2D eigenvalue weighted by atomic mass is 16.1. The molecule has 0 bridgehead atoms. The molecule has 1 rings (SSSR count). The van der Waals surface area contributed by atoms with Crippen LogP contribution in [0.25, 0.3) is 0 Å². The van der Waals surface area contributed by atoms with Gasteiger partial charge < -0.3 is 5.32 Å². The Hall–Kier alpha value is -0.830. The first-order valence-corrected chi connectivity index (χ1v) is 5.30. The summed E-state index contributed by atoms with van der Waals surface area (Å²) in [5.74, 6) is 0.749. The second kappa shape index (κ2) is 5.81. The van der Waals surface area contributed by atoms with Crippen LogP contribution in [0.2, 0.25) is 0 Å². The lowest BCUT2D eigenvalue weighted by Gasteiger charge is -2.31. The van der Waals surface area contributed by atoms with Gasteiger partial charge in [0.2, 0.25) is 5.91 Å². The zero-order valence-corrected chi connectivity index (χ0v) is 8.96. The van der Waals surface area contributed by atoms with Gasteiger partial charge in [0, 0.05) is 20.0 Å². The zero-order chi connectivity index (χ0) is 10.4. The van der Waals surface area contributed by atoms with Gasteiger partial charge in [0.15, 0.2) is 0 Å². The van der Waals surface area contributed by atoms with Crippen molar-refractivity contribution in [3.63, 3.8) is 0 Å². The van der Waals surface area contributed by atoms with Crippen LogP contribution in [0.5, 0.6) is 0 Å². The molecule has 1 saturated heterocycles. The number of likely N-dealkylation sites (tertiary alicyclic amines) is 1. The molecule has 0 unspecified atom stereocenters. The van der Waals surface area contributed by atoms with Crippen molar-refractivity contribution in [2.45, 2.75) is 19.8 Å². The van der Waals surface area contributed by atoms with Gasteiger partial charge in [0.1, 0.15) is 0 Å². The van der Waals surface area contributed by atoms with E-state index in [1.165, 1.54) is 12.8 Å². The summed E-state index contributed by atoms with van der Waals surface area (Å²) in [5.41, 5.74) is 0. The minimum absolute atomic E-state index is 0.0820. The number of carbonyl (C=O) groups is 1. The lowest BCUT2D eigenvalue weighted by molar-refractivity contribution is -0.119. The molecule has 3 nitrogen and oxygen atoms in total. The van der Waals surface area contributed by atoms with E-state index in [9.17, 15) is 4.79 Å². The first kappa shape index (κ1) is 11.2. The van der Waals surface area contributed by atoms with Gasteiger partial charge in [-0.05, 0) is 31.8 Å². The fourth-order valence-corrected chi connectivity index (χ4v) is 1.84. The molecule has 3 heteroatoms. The van der Waals surface area contributed by atoms with Crippen molar-refractivity contribution in [2.24, 2.45) is 5.92 Å². The number of amides is 1. The smallest absolute Gasteiger partial charge is 0.216 e. The Kier molecular flexibility index (Phi) is 4.66. The van der Waals surface area contributed by atoms with Crippen molar-refractivity contribution in [3.8, 4) is 0 Å². The fourth-order valence-electron chi connectivity index (χ4n) is 1.84. The van der Waals surface area contributed by atoms with E-state index in [0.29, 0.717) is 5.92 Å². The number of nitrogens with zero attached hydrogens (tertiary/aromatic N) is 1. The van der Waals surface area contributed by atoms with Crippen molar-refractivity contribution in [1.29, 1.82) is 0 Å². The first-order valence-electron chi connectivity index (χ1n) is 5.30. The average molecular weight is 196 g/mol. The predicted molar refractivity (Wildman–Crippen MR) is 58.0 cm³/mol. The van der Waals surface area contributed by atoms with Crippen LogP contribution in [-0.4, -0.2) is 37.0 Å². The third-order valence-electron chi connectivity index (χ3n) is 2.73. The Balaban J connectivity index is 2.15. The SMILES string of the molecule is C=CCN1CCC(CNC(C)=O)CC1. The number of hydrogen-bond donors (Lipinski definition) is 1. The number of nitrogens with one attached hydrogen (secondary N) is 1. The maximum absolute atomic E-state index is 10.7. The molecule has 0 aliphatic carbocycles. The second-order valence-corrected chi connectivity index (χ2v) is 3.97. The number of rotatable bonds is 4. The van der Waals surface area contributed by atoms with Crippen molar-refractivity contribution < 1.29 is 4.79 Å². The summed E-state index contributed by atoms with van der Waals surface area (Å²) >= 11 is 0. The molecule has 0 aromatic rings. The fraction of sp³-hybridized carbons (Fsp3) is 0.727. The molecule has 0 saturated carbocycles. The van der Waals surface area contributed by atoms with E-state index in [1.807, 2.05) is 6.08 Å². The van der Waals surface area contributed by atoms with Crippen LogP contribution in [-0.2, 0) is 4.79 Å². The Morgan fingerprint density at radius 2 is 2.21 bits per heavy atom. The Morgan fingerprint density at radius 3 is 2.71 bits per heavy atom. The van der Waals surface area contributed by atoms with Crippen LogP contribution in [0, 0.1) is 5.92 Å². The molecule has 1 heterocycles. The van der Waals surface area contributed by atoms with E-state index in [2.05, 4.69) is 16.8 Å². The van der Waals surface area contributed by atoms with Crippen molar-refractivity contribution in [1.82, 2.24) is 10.2 Å². The Bertz CT molecular complexity index is 195. The molecule has 1 fully saturated rings. The molecule has 0 aromatic carbocycles. The number of carbonyl (C=O) groups excluding carboxylic acids is 1. The van der Waals surface area contributed by atoms with Crippen molar-refractivity contribution >= 4 is 5.91 Å². The summed E-state index contributed by atoms with van der Waals surface area (Å²) in [6.45, 7) is 9.42. The van der Waals surface area contributed by atoms with Gasteiger partial charge in [0.05, 0.1) is 0 Å². The highest BCUT2D eigenvalue weighted by Crippen LogP contribution is 2.15. The third kappa shape index (κ3) is 3.92. The van der Waals surface area contributed by atoms with E-state index in [-0.39, 0.29) is 5.91 Å². The molecular weight excluding hydrogens is 176 g/mol. The summed E-state index contributed by atoms with van der Waals surface area (Å²) < 4.78 is 0. The zero-order valence-electron chi connectivity index (χ0n) is 8.96. The molecular formula is C11H20N2O. The van der Waals surface area contributed by atoms with Crippen LogP contribution < -0.4 is 5.32 Å². The van der Waals surface area contributed by atoms with Gasteiger partial charge in [-0.25, -0.2) is 0 Å².